The minimum atomic E-state index is -0.776. The van der Waals surface area contributed by atoms with Crippen LogP contribution in [-0.2, 0) is 11.2 Å². The lowest BCUT2D eigenvalue weighted by Gasteiger charge is -2.41. The van der Waals surface area contributed by atoms with Crippen molar-refractivity contribution in [2.45, 2.75) is 25.8 Å². The van der Waals surface area contributed by atoms with Crippen LogP contribution in [0.15, 0.2) is 18.2 Å². The number of rotatable bonds is 7. The van der Waals surface area contributed by atoms with Gasteiger partial charge in [0, 0.05) is 45.9 Å². The number of hydrogen-bond donors (Lipinski definition) is 0. The fraction of sp³-hybridized carbons (Fsp3) is 0.647. The first kappa shape index (κ1) is 17.3. The van der Waals surface area contributed by atoms with Gasteiger partial charge in [-0.1, -0.05) is 13.0 Å². The van der Waals surface area contributed by atoms with Crippen molar-refractivity contribution in [1.29, 1.82) is 0 Å². The van der Waals surface area contributed by atoms with Crippen LogP contribution in [0.4, 0.5) is 8.78 Å². The highest BCUT2D eigenvalue weighted by Crippen LogP contribution is 2.14. The van der Waals surface area contributed by atoms with Gasteiger partial charge in [-0.15, -0.1) is 0 Å². The number of nitrogens with zero attached hydrogens (tertiary/aromatic N) is 2. The van der Waals surface area contributed by atoms with Crippen molar-refractivity contribution < 1.29 is 13.5 Å². The van der Waals surface area contributed by atoms with E-state index >= 15 is 0 Å². The second-order valence-corrected chi connectivity index (χ2v) is 5.89. The molecule has 1 aliphatic heterocycles. The zero-order valence-corrected chi connectivity index (χ0v) is 13.5. The van der Waals surface area contributed by atoms with Gasteiger partial charge in [0.2, 0.25) is 0 Å². The first-order valence-corrected chi connectivity index (χ1v) is 8.03. The minimum Gasteiger partial charge on any atom is -0.383 e. The molecule has 1 aromatic rings. The molecule has 2 rings (SSSR count). The third-order valence-electron chi connectivity index (χ3n) is 4.44. The second-order valence-electron chi connectivity index (χ2n) is 5.89. The maximum absolute atomic E-state index is 13.2. The average molecular weight is 312 g/mol. The van der Waals surface area contributed by atoms with Crippen LogP contribution in [0.3, 0.4) is 0 Å². The normalized spacial score (nSPS) is 20.5. The molecule has 1 aliphatic rings. The Morgan fingerprint density at radius 3 is 2.68 bits per heavy atom. The molecule has 1 aromatic carbocycles. The number of benzene rings is 1. The van der Waals surface area contributed by atoms with Gasteiger partial charge < -0.3 is 9.64 Å². The lowest BCUT2D eigenvalue weighted by molar-refractivity contribution is 0.0503. The summed E-state index contributed by atoms with van der Waals surface area (Å²) >= 11 is 0. The molecule has 3 nitrogen and oxygen atoms in total. The minimum absolute atomic E-state index is 0.550. The zero-order valence-electron chi connectivity index (χ0n) is 13.5. The van der Waals surface area contributed by atoms with Crippen LogP contribution in [0.2, 0.25) is 0 Å². The van der Waals surface area contributed by atoms with Crippen molar-refractivity contribution in [1.82, 2.24) is 9.80 Å². The van der Waals surface area contributed by atoms with E-state index in [1.807, 2.05) is 0 Å². The van der Waals surface area contributed by atoms with E-state index in [9.17, 15) is 8.78 Å². The SMILES string of the molecule is CCC1CN(CCc2ccc(F)c(F)c2)CCN1CCOC. The van der Waals surface area contributed by atoms with Crippen molar-refractivity contribution in [3.05, 3.63) is 35.4 Å². The van der Waals surface area contributed by atoms with Gasteiger partial charge in [0.15, 0.2) is 11.6 Å². The van der Waals surface area contributed by atoms with Crippen LogP contribution in [-0.4, -0.2) is 62.3 Å². The van der Waals surface area contributed by atoms with Crippen molar-refractivity contribution in [2.24, 2.45) is 0 Å². The maximum atomic E-state index is 13.2. The fourth-order valence-corrected chi connectivity index (χ4v) is 3.03. The third kappa shape index (κ3) is 4.73. The molecule has 22 heavy (non-hydrogen) atoms. The lowest BCUT2D eigenvalue weighted by Crippen LogP contribution is -2.53. The first-order chi connectivity index (χ1) is 10.6. The molecule has 0 saturated carbocycles. The average Bonchev–Trinajstić information content (AvgIpc) is 2.54. The summed E-state index contributed by atoms with van der Waals surface area (Å²) in [5.74, 6) is -1.53. The maximum Gasteiger partial charge on any atom is 0.159 e. The van der Waals surface area contributed by atoms with E-state index in [-0.39, 0.29) is 0 Å². The molecule has 0 radical (unpaired) electrons. The van der Waals surface area contributed by atoms with Gasteiger partial charge in [0.1, 0.15) is 0 Å². The van der Waals surface area contributed by atoms with Gasteiger partial charge in [-0.3, -0.25) is 4.90 Å². The summed E-state index contributed by atoms with van der Waals surface area (Å²) in [5, 5.41) is 0. The van der Waals surface area contributed by atoms with Crippen LogP contribution in [0, 0.1) is 11.6 Å². The van der Waals surface area contributed by atoms with Crippen molar-refractivity contribution in [3.63, 3.8) is 0 Å². The summed E-state index contributed by atoms with van der Waals surface area (Å²) in [6.07, 6.45) is 1.87. The van der Waals surface area contributed by atoms with Crippen molar-refractivity contribution in [3.8, 4) is 0 Å². The zero-order chi connectivity index (χ0) is 15.9. The van der Waals surface area contributed by atoms with Gasteiger partial charge in [0.05, 0.1) is 6.61 Å². The molecule has 124 valence electrons. The summed E-state index contributed by atoms with van der Waals surface area (Å²) in [5.41, 5.74) is 0.855. The molecule has 1 saturated heterocycles. The van der Waals surface area contributed by atoms with E-state index in [0.717, 1.165) is 57.7 Å². The lowest BCUT2D eigenvalue weighted by atomic mass is 10.1. The Balaban J connectivity index is 1.82. The molecule has 0 N–H and O–H groups in total. The molecule has 1 atom stereocenters. The number of hydrogen-bond acceptors (Lipinski definition) is 3. The number of piperazine rings is 1. The Labute approximate surface area is 131 Å². The Bertz CT molecular complexity index is 470. The summed E-state index contributed by atoms with van der Waals surface area (Å²) in [6.45, 7) is 7.94. The van der Waals surface area contributed by atoms with Crippen LogP contribution in [0.1, 0.15) is 18.9 Å². The van der Waals surface area contributed by atoms with Gasteiger partial charge in [-0.2, -0.15) is 0 Å². The molecule has 1 unspecified atom stereocenters. The van der Waals surface area contributed by atoms with Crippen LogP contribution < -0.4 is 0 Å². The van der Waals surface area contributed by atoms with E-state index in [0.29, 0.717) is 6.04 Å². The topological polar surface area (TPSA) is 15.7 Å². The standard InChI is InChI=1S/C17H26F2N2O/c1-3-15-13-20(8-9-21(15)10-11-22-2)7-6-14-4-5-16(18)17(19)12-14/h4-5,12,15H,3,6-11,13H2,1-2H3. The van der Waals surface area contributed by atoms with Gasteiger partial charge >= 0.3 is 0 Å². The Hall–Kier alpha value is -1.04. The summed E-state index contributed by atoms with van der Waals surface area (Å²) in [4.78, 5) is 4.90. The summed E-state index contributed by atoms with van der Waals surface area (Å²) < 4.78 is 31.3. The highest BCUT2D eigenvalue weighted by molar-refractivity contribution is 5.18. The summed E-state index contributed by atoms with van der Waals surface area (Å²) in [7, 11) is 1.74. The molecule has 0 amide bonds. The van der Waals surface area contributed by atoms with Crippen LogP contribution >= 0.6 is 0 Å². The smallest absolute Gasteiger partial charge is 0.159 e. The van der Waals surface area contributed by atoms with Crippen LogP contribution in [0.25, 0.3) is 0 Å². The quantitative estimate of drug-likeness (QED) is 0.769. The van der Waals surface area contributed by atoms with Crippen LogP contribution in [0.5, 0.6) is 0 Å². The predicted octanol–water partition coefficient (Wildman–Crippen LogP) is 2.55. The molecule has 5 heteroatoms. The fourth-order valence-electron chi connectivity index (χ4n) is 3.03. The molecular weight excluding hydrogens is 286 g/mol. The Kier molecular flexibility index (Phi) is 6.73. The molecule has 0 spiro atoms. The first-order valence-electron chi connectivity index (χ1n) is 8.03. The van der Waals surface area contributed by atoms with E-state index in [4.69, 9.17) is 4.74 Å². The number of ether oxygens (including phenoxy) is 1. The molecular formula is C17H26F2N2O. The number of halogens is 2. The molecule has 0 aromatic heterocycles. The van der Waals surface area contributed by atoms with Gasteiger partial charge in [-0.05, 0) is 30.5 Å². The number of methoxy groups -OCH3 is 1. The predicted molar refractivity (Wildman–Crippen MR) is 84.0 cm³/mol. The second kappa shape index (κ2) is 8.56. The largest absolute Gasteiger partial charge is 0.383 e. The van der Waals surface area contributed by atoms with Gasteiger partial charge in [-0.25, -0.2) is 8.78 Å². The Morgan fingerprint density at radius 1 is 1.18 bits per heavy atom. The third-order valence-corrected chi connectivity index (χ3v) is 4.44. The molecule has 1 heterocycles. The van der Waals surface area contributed by atoms with E-state index < -0.39 is 11.6 Å². The monoisotopic (exact) mass is 312 g/mol. The molecule has 0 bridgehead atoms. The van der Waals surface area contributed by atoms with E-state index in [1.165, 1.54) is 12.1 Å². The van der Waals surface area contributed by atoms with Crippen molar-refractivity contribution in [2.75, 3.05) is 46.4 Å². The molecule has 0 aliphatic carbocycles. The highest BCUT2D eigenvalue weighted by atomic mass is 19.2. The summed E-state index contributed by atoms with van der Waals surface area (Å²) in [6, 6.07) is 4.74. The Morgan fingerprint density at radius 2 is 2.00 bits per heavy atom. The highest BCUT2D eigenvalue weighted by Gasteiger charge is 2.24. The molecule has 1 fully saturated rings. The van der Waals surface area contributed by atoms with E-state index in [1.54, 1.807) is 13.2 Å². The van der Waals surface area contributed by atoms with Gasteiger partial charge in [0.25, 0.3) is 0 Å². The van der Waals surface area contributed by atoms with E-state index in [2.05, 4.69) is 16.7 Å². The van der Waals surface area contributed by atoms with Crippen molar-refractivity contribution >= 4 is 0 Å².